The van der Waals surface area contributed by atoms with Crippen LogP contribution in [0.2, 0.25) is 0 Å². The molecule has 0 unspecified atom stereocenters. The molecule has 2 rings (SSSR count). The summed E-state index contributed by atoms with van der Waals surface area (Å²) in [5.41, 5.74) is -0.319. The molecule has 3 N–H and O–H groups in total. The summed E-state index contributed by atoms with van der Waals surface area (Å²) in [6.45, 7) is -0.161. The standard InChI is InChI=1S/C12H12FNO5/c13-6-1-2-10(16)8(3-6)11(17)14-5-7(15)4-9(14)12(18)19/h1-3,7,9,15-16H,4-5H2,(H,18,19)/t7-,9-/m0/s1. The third-order valence-corrected chi connectivity index (χ3v) is 3.01. The first kappa shape index (κ1) is 13.3. The number of aliphatic hydroxyl groups excluding tert-OH is 1. The Balaban J connectivity index is 2.33. The van der Waals surface area contributed by atoms with Gasteiger partial charge >= 0.3 is 5.97 Å². The third kappa shape index (κ3) is 2.50. The average Bonchev–Trinajstić information content (AvgIpc) is 2.74. The number of benzene rings is 1. The van der Waals surface area contributed by atoms with Crippen molar-refractivity contribution in [2.45, 2.75) is 18.6 Å². The SMILES string of the molecule is O=C(O)[C@@H]1C[C@H](O)CN1C(=O)c1cc(F)ccc1O. The maximum Gasteiger partial charge on any atom is 0.326 e. The van der Waals surface area contributed by atoms with E-state index < -0.39 is 35.6 Å². The molecule has 0 saturated carbocycles. The van der Waals surface area contributed by atoms with E-state index in [4.69, 9.17) is 5.11 Å². The molecule has 0 spiro atoms. The predicted octanol–water partition coefficient (Wildman–Crippen LogP) is 0.191. The second-order valence-corrected chi connectivity index (χ2v) is 4.36. The van der Waals surface area contributed by atoms with Gasteiger partial charge in [0.15, 0.2) is 0 Å². The van der Waals surface area contributed by atoms with Gasteiger partial charge in [0.25, 0.3) is 5.91 Å². The topological polar surface area (TPSA) is 98.1 Å². The largest absolute Gasteiger partial charge is 0.507 e. The van der Waals surface area contributed by atoms with Gasteiger partial charge in [-0.2, -0.15) is 0 Å². The highest BCUT2D eigenvalue weighted by molar-refractivity contribution is 5.99. The Bertz CT molecular complexity index is 533. The number of likely N-dealkylation sites (tertiary alicyclic amines) is 1. The fourth-order valence-electron chi connectivity index (χ4n) is 2.11. The summed E-state index contributed by atoms with van der Waals surface area (Å²) in [5, 5.41) is 28.0. The maximum atomic E-state index is 13.1. The molecule has 1 heterocycles. The van der Waals surface area contributed by atoms with Gasteiger partial charge in [-0.25, -0.2) is 9.18 Å². The smallest absolute Gasteiger partial charge is 0.326 e. The first-order valence-electron chi connectivity index (χ1n) is 5.60. The minimum absolute atomic E-state index is 0.0862. The number of phenolic OH excluding ortho intramolecular Hbond substituents is 1. The van der Waals surface area contributed by atoms with E-state index >= 15 is 0 Å². The van der Waals surface area contributed by atoms with E-state index in [0.29, 0.717) is 0 Å². The van der Waals surface area contributed by atoms with E-state index in [1.807, 2.05) is 0 Å². The van der Waals surface area contributed by atoms with Crippen molar-refractivity contribution in [1.82, 2.24) is 4.90 Å². The lowest BCUT2D eigenvalue weighted by molar-refractivity contribution is -0.141. The molecule has 0 aromatic heterocycles. The number of aromatic hydroxyl groups is 1. The molecular weight excluding hydrogens is 257 g/mol. The number of carboxylic acid groups (broad SMARTS) is 1. The van der Waals surface area contributed by atoms with E-state index in [-0.39, 0.29) is 18.5 Å². The molecule has 1 aliphatic heterocycles. The van der Waals surface area contributed by atoms with E-state index in [1.54, 1.807) is 0 Å². The molecule has 102 valence electrons. The minimum Gasteiger partial charge on any atom is -0.507 e. The Labute approximate surface area is 107 Å². The zero-order valence-corrected chi connectivity index (χ0v) is 9.78. The van der Waals surface area contributed by atoms with Crippen LogP contribution in [0.5, 0.6) is 5.75 Å². The molecule has 1 aliphatic rings. The van der Waals surface area contributed by atoms with Crippen LogP contribution in [0.4, 0.5) is 4.39 Å². The van der Waals surface area contributed by atoms with Gasteiger partial charge in [-0.1, -0.05) is 0 Å². The lowest BCUT2D eigenvalue weighted by Gasteiger charge is -2.21. The highest BCUT2D eigenvalue weighted by Gasteiger charge is 2.39. The van der Waals surface area contributed by atoms with Gasteiger partial charge in [0.05, 0.1) is 11.7 Å². The average molecular weight is 269 g/mol. The minimum atomic E-state index is -1.25. The Kier molecular flexibility index (Phi) is 3.39. The van der Waals surface area contributed by atoms with Gasteiger partial charge in [0.1, 0.15) is 17.6 Å². The van der Waals surface area contributed by atoms with Gasteiger partial charge in [0, 0.05) is 13.0 Å². The monoisotopic (exact) mass is 269 g/mol. The summed E-state index contributed by atoms with van der Waals surface area (Å²) in [6.07, 6.45) is -1.03. The molecule has 7 heteroatoms. The summed E-state index contributed by atoms with van der Waals surface area (Å²) in [6, 6.07) is 1.66. The molecule has 1 aromatic carbocycles. The molecule has 19 heavy (non-hydrogen) atoms. The molecule has 1 fully saturated rings. The van der Waals surface area contributed by atoms with Gasteiger partial charge in [0.2, 0.25) is 0 Å². The summed E-state index contributed by atoms with van der Waals surface area (Å²) >= 11 is 0. The lowest BCUT2D eigenvalue weighted by atomic mass is 10.1. The number of aliphatic hydroxyl groups is 1. The van der Waals surface area contributed by atoms with Crippen molar-refractivity contribution in [3.05, 3.63) is 29.6 Å². The van der Waals surface area contributed by atoms with Crippen molar-refractivity contribution in [1.29, 1.82) is 0 Å². The van der Waals surface area contributed by atoms with Crippen LogP contribution in [0, 0.1) is 5.82 Å². The molecule has 0 radical (unpaired) electrons. The summed E-state index contributed by atoms with van der Waals surface area (Å²) < 4.78 is 13.1. The Morgan fingerprint density at radius 3 is 2.68 bits per heavy atom. The lowest BCUT2D eigenvalue weighted by Crippen LogP contribution is -2.40. The number of rotatable bonds is 2. The number of carboxylic acids is 1. The van der Waals surface area contributed by atoms with Crippen molar-refractivity contribution in [2.75, 3.05) is 6.54 Å². The zero-order valence-electron chi connectivity index (χ0n) is 9.78. The second-order valence-electron chi connectivity index (χ2n) is 4.36. The van der Waals surface area contributed by atoms with Crippen LogP contribution >= 0.6 is 0 Å². The van der Waals surface area contributed by atoms with E-state index in [0.717, 1.165) is 23.1 Å². The molecule has 1 saturated heterocycles. The van der Waals surface area contributed by atoms with Gasteiger partial charge in [-0.15, -0.1) is 0 Å². The number of aliphatic carboxylic acids is 1. The summed E-state index contributed by atoms with van der Waals surface area (Å²) in [4.78, 5) is 24.0. The number of halogens is 1. The van der Waals surface area contributed by atoms with Gasteiger partial charge < -0.3 is 20.2 Å². The fraction of sp³-hybridized carbons (Fsp3) is 0.333. The number of phenols is 1. The number of hydrogen-bond acceptors (Lipinski definition) is 4. The van der Waals surface area contributed by atoms with Crippen LogP contribution in [-0.2, 0) is 4.79 Å². The summed E-state index contributed by atoms with van der Waals surface area (Å²) in [7, 11) is 0. The van der Waals surface area contributed by atoms with Gasteiger partial charge in [-0.05, 0) is 18.2 Å². The molecule has 1 aromatic rings. The number of carbonyl (C=O) groups is 2. The number of nitrogens with zero attached hydrogens (tertiary/aromatic N) is 1. The van der Waals surface area contributed by atoms with Crippen molar-refractivity contribution >= 4 is 11.9 Å². The molecule has 6 nitrogen and oxygen atoms in total. The Morgan fingerprint density at radius 2 is 2.05 bits per heavy atom. The Morgan fingerprint density at radius 1 is 1.37 bits per heavy atom. The van der Waals surface area contributed by atoms with E-state index in [2.05, 4.69) is 0 Å². The molecular formula is C12H12FNO5. The number of hydrogen-bond donors (Lipinski definition) is 3. The maximum absolute atomic E-state index is 13.1. The predicted molar refractivity (Wildman–Crippen MR) is 61.1 cm³/mol. The molecule has 2 atom stereocenters. The van der Waals surface area contributed by atoms with Crippen LogP contribution in [0.15, 0.2) is 18.2 Å². The Hall–Kier alpha value is -2.15. The highest BCUT2D eigenvalue weighted by Crippen LogP contribution is 2.25. The van der Waals surface area contributed by atoms with E-state index in [1.165, 1.54) is 0 Å². The van der Waals surface area contributed by atoms with Crippen LogP contribution in [-0.4, -0.2) is 50.8 Å². The molecule has 0 aliphatic carbocycles. The second kappa shape index (κ2) is 4.85. The van der Waals surface area contributed by atoms with Crippen molar-refractivity contribution < 1.29 is 29.3 Å². The van der Waals surface area contributed by atoms with Crippen LogP contribution in [0.3, 0.4) is 0 Å². The third-order valence-electron chi connectivity index (χ3n) is 3.01. The van der Waals surface area contributed by atoms with Crippen LogP contribution in [0.1, 0.15) is 16.8 Å². The first-order chi connectivity index (χ1) is 8.90. The number of amides is 1. The van der Waals surface area contributed by atoms with Crippen molar-refractivity contribution in [2.24, 2.45) is 0 Å². The fourth-order valence-corrected chi connectivity index (χ4v) is 2.11. The number of carbonyl (C=O) groups excluding carboxylic acids is 1. The van der Waals surface area contributed by atoms with Crippen LogP contribution < -0.4 is 0 Å². The quantitative estimate of drug-likeness (QED) is 0.712. The van der Waals surface area contributed by atoms with Crippen molar-refractivity contribution in [3.63, 3.8) is 0 Å². The first-order valence-corrected chi connectivity index (χ1v) is 5.60. The number of β-amino-alcohol motifs (C(OH)–C–C–N with tert-alkyl or cyclic N) is 1. The normalized spacial score (nSPS) is 22.5. The molecule has 1 amide bonds. The molecule has 0 bridgehead atoms. The highest BCUT2D eigenvalue weighted by atomic mass is 19.1. The summed E-state index contributed by atoms with van der Waals surface area (Å²) in [5.74, 6) is -3.22. The zero-order chi connectivity index (χ0) is 14.2. The van der Waals surface area contributed by atoms with E-state index in [9.17, 15) is 24.2 Å². The van der Waals surface area contributed by atoms with Crippen LogP contribution in [0.25, 0.3) is 0 Å². The van der Waals surface area contributed by atoms with Crippen molar-refractivity contribution in [3.8, 4) is 5.75 Å². The van der Waals surface area contributed by atoms with Gasteiger partial charge in [-0.3, -0.25) is 4.79 Å².